The molecule has 0 unspecified atom stereocenters. The topological polar surface area (TPSA) is 65.4 Å². The molecular formula is C20H17ClF3N3O3. The van der Waals surface area contributed by atoms with Gasteiger partial charge >= 0.3 is 12.2 Å². The molecule has 0 atom stereocenters. The van der Waals surface area contributed by atoms with Gasteiger partial charge in [0.1, 0.15) is 11.6 Å². The number of nitrogens with one attached hydrogen (secondary N) is 1. The maximum absolute atomic E-state index is 13.7. The number of rotatable bonds is 7. The highest BCUT2D eigenvalue weighted by Crippen LogP contribution is 2.26. The average molecular weight is 440 g/mol. The van der Waals surface area contributed by atoms with Crippen LogP contribution in [0.2, 0.25) is 5.02 Å². The van der Waals surface area contributed by atoms with Crippen molar-refractivity contribution >= 4 is 23.2 Å². The van der Waals surface area contributed by atoms with Crippen LogP contribution in [0.1, 0.15) is 11.1 Å². The molecule has 0 saturated carbocycles. The fourth-order valence-electron chi connectivity index (χ4n) is 2.77. The number of ether oxygens (including phenoxy) is 2. The van der Waals surface area contributed by atoms with Gasteiger partial charge in [-0.15, -0.1) is 0 Å². The van der Waals surface area contributed by atoms with E-state index in [9.17, 15) is 18.0 Å². The van der Waals surface area contributed by atoms with E-state index in [0.29, 0.717) is 16.8 Å². The summed E-state index contributed by atoms with van der Waals surface area (Å²) in [5.74, 6) is -0.494. The number of methoxy groups -OCH3 is 1. The molecule has 0 bridgehead atoms. The van der Waals surface area contributed by atoms with E-state index in [1.807, 2.05) is 0 Å². The fraction of sp³-hybridized carbons (Fsp3) is 0.200. The van der Waals surface area contributed by atoms with E-state index in [1.165, 1.54) is 42.1 Å². The first-order valence-electron chi connectivity index (χ1n) is 8.68. The number of anilines is 2. The molecule has 1 heterocycles. The second kappa shape index (κ2) is 9.08. The lowest BCUT2D eigenvalue weighted by Gasteiger charge is -2.17. The third kappa shape index (κ3) is 5.24. The second-order valence-corrected chi connectivity index (χ2v) is 6.76. The van der Waals surface area contributed by atoms with Crippen LogP contribution in [0.5, 0.6) is 11.5 Å². The van der Waals surface area contributed by atoms with Crippen molar-refractivity contribution in [3.05, 3.63) is 74.9 Å². The lowest BCUT2D eigenvalue weighted by atomic mass is 10.2. The van der Waals surface area contributed by atoms with E-state index in [1.54, 1.807) is 19.1 Å². The van der Waals surface area contributed by atoms with Crippen molar-refractivity contribution < 1.29 is 22.6 Å². The Morgan fingerprint density at radius 1 is 1.23 bits per heavy atom. The molecule has 0 fully saturated rings. The Hall–Kier alpha value is -3.20. The van der Waals surface area contributed by atoms with E-state index in [4.69, 9.17) is 16.3 Å². The summed E-state index contributed by atoms with van der Waals surface area (Å²) in [6.07, 6.45) is 1.41. The molecule has 0 amide bonds. The van der Waals surface area contributed by atoms with Crippen molar-refractivity contribution in [1.82, 2.24) is 9.55 Å². The normalized spacial score (nSPS) is 10.9. The predicted molar refractivity (Wildman–Crippen MR) is 107 cm³/mol. The molecule has 3 rings (SSSR count). The summed E-state index contributed by atoms with van der Waals surface area (Å²) in [5.41, 5.74) is 0.978. The standard InChI is InChI=1S/C20H17ClF3N3O3/c1-11-3-4-15(30-19(23)24)8-16(11)25-20-26-18(28)17(29-2)10-27(20)9-12-5-13(21)7-14(22)6-12/h3-8,10,19H,9H2,1-2H3,(H,25,26,28). The largest absolute Gasteiger partial charge is 0.490 e. The Morgan fingerprint density at radius 2 is 2.00 bits per heavy atom. The fourth-order valence-corrected chi connectivity index (χ4v) is 3.01. The minimum Gasteiger partial charge on any atom is -0.490 e. The van der Waals surface area contributed by atoms with Gasteiger partial charge in [-0.25, -0.2) is 4.39 Å². The number of aryl methyl sites for hydroxylation is 1. The van der Waals surface area contributed by atoms with Crippen molar-refractivity contribution in [2.24, 2.45) is 0 Å². The highest BCUT2D eigenvalue weighted by Gasteiger charge is 2.13. The van der Waals surface area contributed by atoms with Gasteiger partial charge in [-0.3, -0.25) is 4.79 Å². The third-order valence-electron chi connectivity index (χ3n) is 4.14. The summed E-state index contributed by atoms with van der Waals surface area (Å²) in [7, 11) is 1.32. The Labute approximate surface area is 174 Å². The van der Waals surface area contributed by atoms with Gasteiger partial charge in [0.15, 0.2) is 0 Å². The zero-order valence-corrected chi connectivity index (χ0v) is 16.7. The molecule has 10 heteroatoms. The van der Waals surface area contributed by atoms with E-state index >= 15 is 0 Å². The first kappa shape index (κ1) is 21.5. The molecular weight excluding hydrogens is 423 g/mol. The van der Waals surface area contributed by atoms with Gasteiger partial charge in [0.05, 0.1) is 19.9 Å². The van der Waals surface area contributed by atoms with Crippen LogP contribution in [0, 0.1) is 12.7 Å². The van der Waals surface area contributed by atoms with E-state index in [2.05, 4.69) is 15.0 Å². The Balaban J connectivity index is 2.02. The highest BCUT2D eigenvalue weighted by molar-refractivity contribution is 6.30. The lowest BCUT2D eigenvalue weighted by molar-refractivity contribution is -0.0498. The molecule has 0 aliphatic carbocycles. The second-order valence-electron chi connectivity index (χ2n) is 6.32. The van der Waals surface area contributed by atoms with Crippen LogP contribution in [-0.4, -0.2) is 23.3 Å². The zero-order chi connectivity index (χ0) is 21.8. The minimum absolute atomic E-state index is 0.0189. The molecule has 0 spiro atoms. The number of nitrogens with zero attached hydrogens (tertiary/aromatic N) is 2. The monoisotopic (exact) mass is 439 g/mol. The summed E-state index contributed by atoms with van der Waals surface area (Å²) in [4.78, 5) is 16.1. The molecule has 158 valence electrons. The number of hydrogen-bond donors (Lipinski definition) is 1. The first-order chi connectivity index (χ1) is 14.2. The molecule has 1 aromatic heterocycles. The third-order valence-corrected chi connectivity index (χ3v) is 4.36. The van der Waals surface area contributed by atoms with Gasteiger partial charge in [-0.05, 0) is 42.3 Å². The van der Waals surface area contributed by atoms with Crippen molar-refractivity contribution in [3.8, 4) is 11.5 Å². The number of hydrogen-bond acceptors (Lipinski definition) is 5. The van der Waals surface area contributed by atoms with Crippen LogP contribution in [0.4, 0.5) is 24.8 Å². The molecule has 0 aliphatic heterocycles. The summed E-state index contributed by atoms with van der Waals surface area (Å²) >= 11 is 5.92. The van der Waals surface area contributed by atoms with E-state index in [-0.39, 0.29) is 29.0 Å². The SMILES string of the molecule is COc1cn(Cc2cc(F)cc(Cl)c2)c(Nc2cc(OC(F)F)ccc2C)nc1=O. The zero-order valence-electron chi connectivity index (χ0n) is 16.0. The molecule has 0 saturated heterocycles. The van der Waals surface area contributed by atoms with Crippen LogP contribution in [-0.2, 0) is 6.54 Å². The van der Waals surface area contributed by atoms with Gasteiger partial charge in [0.25, 0.3) is 0 Å². The summed E-state index contributed by atoms with van der Waals surface area (Å²) in [6, 6.07) is 8.38. The van der Waals surface area contributed by atoms with Gasteiger partial charge in [-0.1, -0.05) is 17.7 Å². The van der Waals surface area contributed by atoms with Gasteiger partial charge in [0.2, 0.25) is 11.7 Å². The maximum Gasteiger partial charge on any atom is 0.387 e. The maximum atomic E-state index is 13.7. The minimum atomic E-state index is -2.98. The van der Waals surface area contributed by atoms with E-state index in [0.717, 1.165) is 0 Å². The average Bonchev–Trinajstić information content (AvgIpc) is 2.65. The van der Waals surface area contributed by atoms with Crippen molar-refractivity contribution in [1.29, 1.82) is 0 Å². The molecule has 1 N–H and O–H groups in total. The van der Waals surface area contributed by atoms with Crippen LogP contribution in [0.15, 0.2) is 47.4 Å². The Kier molecular flexibility index (Phi) is 6.51. The number of benzene rings is 2. The molecule has 0 aliphatic rings. The molecule has 3 aromatic rings. The van der Waals surface area contributed by atoms with Gasteiger partial charge < -0.3 is 19.4 Å². The van der Waals surface area contributed by atoms with Gasteiger partial charge in [-0.2, -0.15) is 13.8 Å². The summed E-state index contributed by atoms with van der Waals surface area (Å²) < 4.78 is 49.8. The van der Waals surface area contributed by atoms with Crippen molar-refractivity contribution in [2.75, 3.05) is 12.4 Å². The highest BCUT2D eigenvalue weighted by atomic mass is 35.5. The predicted octanol–water partition coefficient (Wildman–Crippen LogP) is 4.75. The molecule has 0 radical (unpaired) electrons. The Bertz CT molecular complexity index is 1100. The van der Waals surface area contributed by atoms with Crippen molar-refractivity contribution in [2.45, 2.75) is 20.1 Å². The Morgan fingerprint density at radius 3 is 2.67 bits per heavy atom. The molecule has 30 heavy (non-hydrogen) atoms. The number of alkyl halides is 2. The smallest absolute Gasteiger partial charge is 0.387 e. The van der Waals surface area contributed by atoms with Crippen LogP contribution in [0.25, 0.3) is 0 Å². The molecule has 6 nitrogen and oxygen atoms in total. The number of aromatic nitrogens is 2. The van der Waals surface area contributed by atoms with Gasteiger partial charge in [0, 0.05) is 16.8 Å². The quantitative estimate of drug-likeness (QED) is 0.575. The first-order valence-corrected chi connectivity index (χ1v) is 9.06. The van der Waals surface area contributed by atoms with E-state index < -0.39 is 18.0 Å². The lowest BCUT2D eigenvalue weighted by Crippen LogP contribution is -2.19. The number of halogens is 4. The summed E-state index contributed by atoms with van der Waals surface area (Å²) in [6.45, 7) is -1.13. The van der Waals surface area contributed by atoms with Crippen molar-refractivity contribution in [3.63, 3.8) is 0 Å². The summed E-state index contributed by atoms with van der Waals surface area (Å²) in [5, 5.41) is 3.16. The van der Waals surface area contributed by atoms with Crippen LogP contribution < -0.4 is 20.3 Å². The molecule has 2 aromatic carbocycles. The van der Waals surface area contributed by atoms with Crippen LogP contribution >= 0.6 is 11.6 Å². The van der Waals surface area contributed by atoms with Crippen LogP contribution in [0.3, 0.4) is 0 Å².